The Kier molecular flexibility index (Phi) is 5.41. The zero-order chi connectivity index (χ0) is 15.5. The molecule has 0 bridgehead atoms. The number of nitrogens with zero attached hydrogens (tertiary/aromatic N) is 1. The third-order valence-corrected chi connectivity index (χ3v) is 5.41. The third kappa shape index (κ3) is 5.41. The first-order chi connectivity index (χ1) is 9.87. The van der Waals surface area contributed by atoms with Crippen LogP contribution < -0.4 is 5.32 Å². The normalized spacial score (nSPS) is 15.9. The smallest absolute Gasteiger partial charge is 0.218 e. The lowest BCUT2D eigenvalue weighted by atomic mass is 10.1. The summed E-state index contributed by atoms with van der Waals surface area (Å²) in [5.74, 6) is 0.409. The summed E-state index contributed by atoms with van der Waals surface area (Å²) in [4.78, 5) is 0. The minimum atomic E-state index is -3.23. The average molecular weight is 310 g/mol. The van der Waals surface area contributed by atoms with Crippen molar-refractivity contribution in [3.05, 3.63) is 35.4 Å². The Balaban J connectivity index is 1.98. The minimum Gasteiger partial charge on any atom is -0.310 e. The van der Waals surface area contributed by atoms with E-state index in [1.165, 1.54) is 17.1 Å². The first-order valence-corrected chi connectivity index (χ1v) is 9.23. The standard InChI is InChI=1S/C16H26N2O2S/c1-13(2)11-18(3)21(19,20)12-15-6-4-5-14(9-15)10-17-16-7-8-16/h4-6,9,13,16-17H,7-8,10-12H2,1-3H3. The van der Waals surface area contributed by atoms with E-state index in [2.05, 4.69) is 5.32 Å². The van der Waals surface area contributed by atoms with Gasteiger partial charge in [-0.15, -0.1) is 0 Å². The number of hydrogen-bond donors (Lipinski definition) is 1. The fourth-order valence-electron chi connectivity index (χ4n) is 2.33. The predicted molar refractivity (Wildman–Crippen MR) is 86.4 cm³/mol. The Morgan fingerprint density at radius 3 is 2.57 bits per heavy atom. The van der Waals surface area contributed by atoms with Crippen molar-refractivity contribution in [2.75, 3.05) is 13.6 Å². The van der Waals surface area contributed by atoms with E-state index in [0.717, 1.165) is 17.7 Å². The van der Waals surface area contributed by atoms with Gasteiger partial charge in [0.15, 0.2) is 0 Å². The molecule has 0 saturated heterocycles. The summed E-state index contributed by atoms with van der Waals surface area (Å²) in [7, 11) is -1.57. The van der Waals surface area contributed by atoms with Crippen LogP contribution in [-0.4, -0.2) is 32.4 Å². The number of benzene rings is 1. The molecular weight excluding hydrogens is 284 g/mol. The molecule has 4 nitrogen and oxygen atoms in total. The van der Waals surface area contributed by atoms with E-state index in [1.54, 1.807) is 7.05 Å². The summed E-state index contributed by atoms with van der Waals surface area (Å²) < 4.78 is 26.1. The van der Waals surface area contributed by atoms with Crippen molar-refractivity contribution in [3.8, 4) is 0 Å². The Morgan fingerprint density at radius 2 is 1.95 bits per heavy atom. The van der Waals surface area contributed by atoms with Gasteiger partial charge in [0.1, 0.15) is 0 Å². The summed E-state index contributed by atoms with van der Waals surface area (Å²) in [6, 6.07) is 8.53. The van der Waals surface area contributed by atoms with Crippen molar-refractivity contribution < 1.29 is 8.42 Å². The summed E-state index contributed by atoms with van der Waals surface area (Å²) in [5, 5.41) is 3.45. The van der Waals surface area contributed by atoms with Gasteiger partial charge in [0.2, 0.25) is 10.0 Å². The van der Waals surface area contributed by atoms with Crippen LogP contribution in [0.1, 0.15) is 37.8 Å². The summed E-state index contributed by atoms with van der Waals surface area (Å²) in [5.41, 5.74) is 2.02. The lowest BCUT2D eigenvalue weighted by Crippen LogP contribution is -2.31. The predicted octanol–water partition coefficient (Wildman–Crippen LogP) is 2.36. The van der Waals surface area contributed by atoms with Gasteiger partial charge in [-0.3, -0.25) is 0 Å². The molecule has 0 amide bonds. The zero-order valence-electron chi connectivity index (χ0n) is 13.2. The molecule has 1 aliphatic rings. The number of rotatable bonds is 8. The van der Waals surface area contributed by atoms with Gasteiger partial charge < -0.3 is 5.32 Å². The van der Waals surface area contributed by atoms with Crippen LogP contribution in [0, 0.1) is 5.92 Å². The molecule has 0 spiro atoms. The highest BCUT2D eigenvalue weighted by atomic mass is 32.2. The molecule has 0 unspecified atom stereocenters. The van der Waals surface area contributed by atoms with Gasteiger partial charge in [-0.05, 0) is 29.9 Å². The van der Waals surface area contributed by atoms with E-state index in [4.69, 9.17) is 0 Å². The molecule has 21 heavy (non-hydrogen) atoms. The van der Waals surface area contributed by atoms with Crippen LogP contribution in [0.4, 0.5) is 0 Å². The van der Waals surface area contributed by atoms with Crippen LogP contribution in [0.3, 0.4) is 0 Å². The molecule has 1 saturated carbocycles. The van der Waals surface area contributed by atoms with E-state index in [9.17, 15) is 8.42 Å². The van der Waals surface area contributed by atoms with Crippen molar-refractivity contribution in [1.29, 1.82) is 0 Å². The van der Waals surface area contributed by atoms with E-state index >= 15 is 0 Å². The first-order valence-electron chi connectivity index (χ1n) is 7.62. The highest BCUT2D eigenvalue weighted by molar-refractivity contribution is 7.88. The summed E-state index contributed by atoms with van der Waals surface area (Å²) in [6.07, 6.45) is 2.52. The number of hydrogen-bond acceptors (Lipinski definition) is 3. The van der Waals surface area contributed by atoms with Gasteiger partial charge in [-0.25, -0.2) is 12.7 Å². The maximum absolute atomic E-state index is 12.3. The van der Waals surface area contributed by atoms with Crippen LogP contribution in [0.2, 0.25) is 0 Å². The molecule has 1 aromatic carbocycles. The second kappa shape index (κ2) is 6.90. The van der Waals surface area contributed by atoms with E-state index < -0.39 is 10.0 Å². The molecule has 1 fully saturated rings. The SMILES string of the molecule is CC(C)CN(C)S(=O)(=O)Cc1cccc(CNC2CC2)c1. The van der Waals surface area contributed by atoms with Gasteiger partial charge in [-0.1, -0.05) is 38.1 Å². The summed E-state index contributed by atoms with van der Waals surface area (Å²) >= 11 is 0. The van der Waals surface area contributed by atoms with Crippen molar-refractivity contribution in [1.82, 2.24) is 9.62 Å². The molecule has 0 radical (unpaired) electrons. The van der Waals surface area contributed by atoms with Crippen LogP contribution in [0.5, 0.6) is 0 Å². The monoisotopic (exact) mass is 310 g/mol. The molecular formula is C16H26N2O2S. The molecule has 2 rings (SSSR count). The van der Waals surface area contributed by atoms with Crippen molar-refractivity contribution in [3.63, 3.8) is 0 Å². The fourth-order valence-corrected chi connectivity index (χ4v) is 3.67. The Labute approximate surface area is 128 Å². The van der Waals surface area contributed by atoms with Crippen LogP contribution in [0.25, 0.3) is 0 Å². The Bertz CT molecular complexity index is 565. The van der Waals surface area contributed by atoms with Gasteiger partial charge in [0, 0.05) is 26.2 Å². The topological polar surface area (TPSA) is 49.4 Å². The largest absolute Gasteiger partial charge is 0.310 e. The quantitative estimate of drug-likeness (QED) is 0.802. The highest BCUT2D eigenvalue weighted by Crippen LogP contribution is 2.20. The molecule has 1 N–H and O–H groups in total. The Morgan fingerprint density at radius 1 is 1.29 bits per heavy atom. The van der Waals surface area contributed by atoms with Crippen molar-refractivity contribution >= 4 is 10.0 Å². The molecule has 1 aromatic rings. The Hall–Kier alpha value is -0.910. The van der Waals surface area contributed by atoms with E-state index in [0.29, 0.717) is 18.5 Å². The number of nitrogens with one attached hydrogen (secondary N) is 1. The molecule has 0 atom stereocenters. The summed E-state index contributed by atoms with van der Waals surface area (Å²) in [6.45, 7) is 5.43. The molecule has 118 valence electrons. The third-order valence-electron chi connectivity index (χ3n) is 3.61. The lowest BCUT2D eigenvalue weighted by molar-refractivity contribution is 0.416. The van der Waals surface area contributed by atoms with Gasteiger partial charge in [0.25, 0.3) is 0 Å². The lowest BCUT2D eigenvalue weighted by Gasteiger charge is -2.19. The zero-order valence-corrected chi connectivity index (χ0v) is 14.0. The van der Waals surface area contributed by atoms with Crippen molar-refractivity contribution in [2.45, 2.75) is 45.0 Å². The van der Waals surface area contributed by atoms with Gasteiger partial charge in [-0.2, -0.15) is 0 Å². The van der Waals surface area contributed by atoms with Crippen LogP contribution in [0.15, 0.2) is 24.3 Å². The van der Waals surface area contributed by atoms with Crippen molar-refractivity contribution in [2.24, 2.45) is 5.92 Å². The van der Waals surface area contributed by atoms with Gasteiger partial charge >= 0.3 is 0 Å². The highest BCUT2D eigenvalue weighted by Gasteiger charge is 2.21. The molecule has 0 aliphatic heterocycles. The molecule has 0 aromatic heterocycles. The van der Waals surface area contributed by atoms with Gasteiger partial charge in [0.05, 0.1) is 5.75 Å². The second-order valence-corrected chi connectivity index (χ2v) is 8.48. The molecule has 1 aliphatic carbocycles. The maximum atomic E-state index is 12.3. The van der Waals surface area contributed by atoms with E-state index in [-0.39, 0.29) is 5.75 Å². The molecule has 5 heteroatoms. The first kappa shape index (κ1) is 16.5. The maximum Gasteiger partial charge on any atom is 0.218 e. The molecule has 0 heterocycles. The van der Waals surface area contributed by atoms with E-state index in [1.807, 2.05) is 38.1 Å². The number of sulfonamides is 1. The fraction of sp³-hybridized carbons (Fsp3) is 0.625. The van der Waals surface area contributed by atoms with Crippen LogP contribution >= 0.6 is 0 Å². The second-order valence-electron chi connectivity index (χ2n) is 6.41. The minimum absolute atomic E-state index is 0.0769. The average Bonchev–Trinajstić information content (AvgIpc) is 3.19. The van der Waals surface area contributed by atoms with Crippen LogP contribution in [-0.2, 0) is 22.3 Å².